The molecular formula is C19H38N2. The van der Waals surface area contributed by atoms with Crippen LogP contribution in [0.1, 0.15) is 79.6 Å². The summed E-state index contributed by atoms with van der Waals surface area (Å²) in [5.41, 5.74) is 0.518. The van der Waals surface area contributed by atoms with E-state index in [1.54, 1.807) is 0 Å². The zero-order valence-electron chi connectivity index (χ0n) is 15.1. The number of hydrogen-bond acceptors (Lipinski definition) is 2. The van der Waals surface area contributed by atoms with E-state index in [0.29, 0.717) is 11.5 Å². The van der Waals surface area contributed by atoms with Gasteiger partial charge < -0.3 is 5.32 Å². The molecule has 2 unspecified atom stereocenters. The van der Waals surface area contributed by atoms with Crippen LogP contribution in [0.5, 0.6) is 0 Å². The van der Waals surface area contributed by atoms with Crippen molar-refractivity contribution in [3.8, 4) is 0 Å². The molecule has 2 aliphatic rings. The molecule has 0 bridgehead atoms. The zero-order valence-corrected chi connectivity index (χ0v) is 15.1. The molecule has 0 spiro atoms. The third-order valence-electron chi connectivity index (χ3n) is 5.62. The van der Waals surface area contributed by atoms with Crippen LogP contribution in [0.2, 0.25) is 0 Å². The first-order chi connectivity index (χ1) is 9.93. The van der Waals surface area contributed by atoms with E-state index in [9.17, 15) is 0 Å². The second-order valence-corrected chi connectivity index (χ2v) is 8.67. The number of rotatable bonds is 6. The summed E-state index contributed by atoms with van der Waals surface area (Å²) in [6, 6.07) is 2.31. The molecular weight excluding hydrogens is 256 g/mol. The van der Waals surface area contributed by atoms with Crippen LogP contribution in [0, 0.1) is 11.3 Å². The van der Waals surface area contributed by atoms with Crippen LogP contribution in [0.15, 0.2) is 0 Å². The Morgan fingerprint density at radius 1 is 1.14 bits per heavy atom. The van der Waals surface area contributed by atoms with Gasteiger partial charge in [0.15, 0.2) is 0 Å². The van der Waals surface area contributed by atoms with Crippen LogP contribution >= 0.6 is 0 Å². The lowest BCUT2D eigenvalue weighted by atomic mass is 9.72. The molecule has 2 atom stereocenters. The van der Waals surface area contributed by atoms with Gasteiger partial charge in [-0.25, -0.2) is 0 Å². The normalized spacial score (nSPS) is 30.4. The van der Waals surface area contributed by atoms with Gasteiger partial charge in [-0.2, -0.15) is 0 Å². The molecule has 2 fully saturated rings. The van der Waals surface area contributed by atoms with E-state index in [1.807, 2.05) is 0 Å². The van der Waals surface area contributed by atoms with Crippen LogP contribution in [0.25, 0.3) is 0 Å². The van der Waals surface area contributed by atoms with Gasteiger partial charge in [-0.1, -0.05) is 47.5 Å². The molecule has 1 N–H and O–H groups in total. The highest BCUT2D eigenvalue weighted by molar-refractivity contribution is 4.97. The second-order valence-electron chi connectivity index (χ2n) is 8.67. The predicted octanol–water partition coefficient (Wildman–Crippen LogP) is 4.44. The van der Waals surface area contributed by atoms with Gasteiger partial charge in [0, 0.05) is 24.7 Å². The average Bonchev–Trinajstić information content (AvgIpc) is 2.91. The van der Waals surface area contributed by atoms with Crippen molar-refractivity contribution in [1.82, 2.24) is 10.2 Å². The Hall–Kier alpha value is -0.0800. The Labute approximate surface area is 133 Å². The fourth-order valence-corrected chi connectivity index (χ4v) is 4.61. The third kappa shape index (κ3) is 4.69. The molecule has 124 valence electrons. The molecule has 0 aromatic carbocycles. The molecule has 0 saturated heterocycles. The SMILES string of the molecule is CCNC1CCC(C)(C)CC1N(CC(C)C)C1CCCC1. The van der Waals surface area contributed by atoms with Crippen molar-refractivity contribution in [1.29, 1.82) is 0 Å². The second kappa shape index (κ2) is 7.46. The van der Waals surface area contributed by atoms with E-state index in [1.165, 1.54) is 51.5 Å². The summed E-state index contributed by atoms with van der Waals surface area (Å²) in [7, 11) is 0. The summed E-state index contributed by atoms with van der Waals surface area (Å²) in [4.78, 5) is 2.92. The van der Waals surface area contributed by atoms with Crippen LogP contribution in [0.4, 0.5) is 0 Å². The lowest BCUT2D eigenvalue weighted by Gasteiger charge is -2.49. The van der Waals surface area contributed by atoms with Gasteiger partial charge in [0.25, 0.3) is 0 Å². The average molecular weight is 295 g/mol. The molecule has 0 aromatic rings. The summed E-state index contributed by atoms with van der Waals surface area (Å²) in [6.45, 7) is 14.4. The molecule has 2 rings (SSSR count). The van der Waals surface area contributed by atoms with E-state index in [4.69, 9.17) is 0 Å². The maximum atomic E-state index is 3.81. The smallest absolute Gasteiger partial charge is 0.0257 e. The maximum absolute atomic E-state index is 3.81. The highest BCUT2D eigenvalue weighted by Crippen LogP contribution is 2.40. The highest BCUT2D eigenvalue weighted by Gasteiger charge is 2.40. The van der Waals surface area contributed by atoms with Crippen molar-refractivity contribution in [2.75, 3.05) is 13.1 Å². The summed E-state index contributed by atoms with van der Waals surface area (Å²) in [5, 5.41) is 3.81. The molecule has 2 saturated carbocycles. The van der Waals surface area contributed by atoms with Gasteiger partial charge in [-0.3, -0.25) is 4.90 Å². The van der Waals surface area contributed by atoms with Crippen molar-refractivity contribution >= 4 is 0 Å². The van der Waals surface area contributed by atoms with E-state index < -0.39 is 0 Å². The molecule has 0 heterocycles. The van der Waals surface area contributed by atoms with Gasteiger partial charge in [-0.15, -0.1) is 0 Å². The fourth-order valence-electron chi connectivity index (χ4n) is 4.61. The topological polar surface area (TPSA) is 15.3 Å². The number of hydrogen-bond donors (Lipinski definition) is 1. The Kier molecular flexibility index (Phi) is 6.14. The molecule has 2 aliphatic carbocycles. The predicted molar refractivity (Wildman–Crippen MR) is 92.7 cm³/mol. The Morgan fingerprint density at radius 3 is 2.38 bits per heavy atom. The van der Waals surface area contributed by atoms with Crippen molar-refractivity contribution in [3.63, 3.8) is 0 Å². The molecule has 0 amide bonds. The van der Waals surface area contributed by atoms with Crippen LogP contribution in [-0.2, 0) is 0 Å². The minimum atomic E-state index is 0.518. The van der Waals surface area contributed by atoms with E-state index in [-0.39, 0.29) is 0 Å². The van der Waals surface area contributed by atoms with Crippen molar-refractivity contribution in [2.24, 2.45) is 11.3 Å². The van der Waals surface area contributed by atoms with Gasteiger partial charge in [0.1, 0.15) is 0 Å². The highest BCUT2D eigenvalue weighted by atomic mass is 15.2. The molecule has 2 nitrogen and oxygen atoms in total. The van der Waals surface area contributed by atoms with Crippen LogP contribution < -0.4 is 5.32 Å². The van der Waals surface area contributed by atoms with Crippen LogP contribution in [-0.4, -0.2) is 36.1 Å². The zero-order chi connectivity index (χ0) is 15.5. The van der Waals surface area contributed by atoms with Gasteiger partial charge in [0.2, 0.25) is 0 Å². The molecule has 2 heteroatoms. The van der Waals surface area contributed by atoms with E-state index in [2.05, 4.69) is 44.8 Å². The van der Waals surface area contributed by atoms with Gasteiger partial charge in [-0.05, 0) is 50.0 Å². The quantitative estimate of drug-likeness (QED) is 0.779. The van der Waals surface area contributed by atoms with Crippen molar-refractivity contribution in [3.05, 3.63) is 0 Å². The summed E-state index contributed by atoms with van der Waals surface area (Å²) in [6.07, 6.45) is 9.86. The maximum Gasteiger partial charge on any atom is 0.0257 e. The Morgan fingerprint density at radius 2 is 1.81 bits per heavy atom. The molecule has 0 radical (unpaired) electrons. The largest absolute Gasteiger partial charge is 0.313 e. The minimum Gasteiger partial charge on any atom is -0.313 e. The number of nitrogens with one attached hydrogen (secondary N) is 1. The fraction of sp³-hybridized carbons (Fsp3) is 1.00. The standard InChI is InChI=1S/C19H38N2/c1-6-20-17-11-12-19(4,5)13-18(17)21(14-15(2)3)16-9-7-8-10-16/h15-18,20H,6-14H2,1-5H3. The molecule has 0 aromatic heterocycles. The van der Waals surface area contributed by atoms with Crippen LogP contribution in [0.3, 0.4) is 0 Å². The monoisotopic (exact) mass is 294 g/mol. The summed E-state index contributed by atoms with van der Waals surface area (Å²) >= 11 is 0. The first-order valence-corrected chi connectivity index (χ1v) is 9.42. The van der Waals surface area contributed by atoms with Crippen molar-refractivity contribution in [2.45, 2.75) is 97.7 Å². The first kappa shape index (κ1) is 17.3. The third-order valence-corrected chi connectivity index (χ3v) is 5.62. The van der Waals surface area contributed by atoms with Gasteiger partial charge in [0.05, 0.1) is 0 Å². The molecule has 21 heavy (non-hydrogen) atoms. The Bertz CT molecular complexity index is 305. The number of nitrogens with zero attached hydrogens (tertiary/aromatic N) is 1. The number of likely N-dealkylation sites (N-methyl/N-ethyl adjacent to an activating group) is 1. The van der Waals surface area contributed by atoms with E-state index >= 15 is 0 Å². The summed E-state index contributed by atoms with van der Waals surface area (Å²) in [5.74, 6) is 0.776. The Balaban J connectivity index is 2.15. The lowest BCUT2D eigenvalue weighted by Crippen LogP contribution is -2.57. The lowest BCUT2D eigenvalue weighted by molar-refractivity contribution is 0.0294. The minimum absolute atomic E-state index is 0.518. The summed E-state index contributed by atoms with van der Waals surface area (Å²) < 4.78 is 0. The first-order valence-electron chi connectivity index (χ1n) is 9.42. The molecule has 0 aliphatic heterocycles. The van der Waals surface area contributed by atoms with Gasteiger partial charge >= 0.3 is 0 Å². The van der Waals surface area contributed by atoms with Crippen molar-refractivity contribution < 1.29 is 0 Å². The van der Waals surface area contributed by atoms with E-state index in [0.717, 1.165) is 24.5 Å².